The summed E-state index contributed by atoms with van der Waals surface area (Å²) in [5, 5.41) is 18.9. The Hall–Kier alpha value is -4.84. The van der Waals surface area contributed by atoms with Crippen molar-refractivity contribution in [3.05, 3.63) is 130 Å². The highest BCUT2D eigenvalue weighted by Gasteiger charge is 1.98. The zero-order valence-corrected chi connectivity index (χ0v) is 18.1. The fourth-order valence-corrected chi connectivity index (χ4v) is 3.00. The first-order valence-corrected chi connectivity index (χ1v) is 10.4. The third kappa shape index (κ3) is 6.32. The van der Waals surface area contributed by atoms with Crippen LogP contribution in [0.1, 0.15) is 38.9 Å². The lowest BCUT2D eigenvalue weighted by Gasteiger charge is -1.98. The van der Waals surface area contributed by atoms with Gasteiger partial charge in [-0.1, -0.05) is 53.2 Å². The fourth-order valence-electron chi connectivity index (χ4n) is 3.00. The lowest BCUT2D eigenvalue weighted by molar-refractivity contribution is 0.474. The number of rotatable bonds is 0. The van der Waals surface area contributed by atoms with E-state index in [9.17, 15) is 10.2 Å². The van der Waals surface area contributed by atoms with Crippen molar-refractivity contribution < 1.29 is 10.2 Å². The van der Waals surface area contributed by atoms with Gasteiger partial charge >= 0.3 is 0 Å². The predicted octanol–water partition coefficient (Wildman–Crippen LogP) is 5.61. The van der Waals surface area contributed by atoms with Gasteiger partial charge < -0.3 is 10.2 Å². The lowest BCUT2D eigenvalue weighted by atomic mass is 10.0. The maximum Gasteiger partial charge on any atom is 0.115 e. The van der Waals surface area contributed by atoms with Crippen LogP contribution in [-0.2, 0) is 0 Å². The average molecular weight is 424 g/mol. The summed E-state index contributed by atoms with van der Waals surface area (Å²) in [7, 11) is 0. The highest BCUT2D eigenvalue weighted by Crippen LogP contribution is 2.13. The summed E-state index contributed by atoms with van der Waals surface area (Å²) >= 11 is 0. The van der Waals surface area contributed by atoms with Crippen LogP contribution in [0.4, 0.5) is 0 Å². The SMILES string of the molecule is Cc1ccc(C#Cc2cc(C#Cc3ccc(O)cc3)cc(C#Cc3ccc(O)cc3)c2)cc1. The van der Waals surface area contributed by atoms with E-state index in [1.165, 1.54) is 5.56 Å². The Morgan fingerprint density at radius 2 is 0.667 bits per heavy atom. The van der Waals surface area contributed by atoms with Crippen LogP contribution in [0.25, 0.3) is 0 Å². The number of aryl methyl sites for hydroxylation is 1. The Labute approximate surface area is 194 Å². The van der Waals surface area contributed by atoms with Crippen molar-refractivity contribution in [1.82, 2.24) is 0 Å². The molecule has 0 fully saturated rings. The second kappa shape index (κ2) is 9.98. The molecule has 0 saturated heterocycles. The van der Waals surface area contributed by atoms with E-state index in [-0.39, 0.29) is 11.5 Å². The van der Waals surface area contributed by atoms with Crippen molar-refractivity contribution in [2.45, 2.75) is 6.92 Å². The largest absolute Gasteiger partial charge is 0.508 e. The molecule has 156 valence electrons. The molecule has 0 spiro atoms. The number of aromatic hydroxyl groups is 2. The molecule has 4 aromatic rings. The monoisotopic (exact) mass is 424 g/mol. The third-order valence-electron chi connectivity index (χ3n) is 4.77. The minimum absolute atomic E-state index is 0.209. The van der Waals surface area contributed by atoms with E-state index in [2.05, 4.69) is 35.5 Å². The zero-order valence-electron chi connectivity index (χ0n) is 18.1. The van der Waals surface area contributed by atoms with E-state index in [1.54, 1.807) is 48.5 Å². The molecule has 4 rings (SSSR count). The van der Waals surface area contributed by atoms with Crippen LogP contribution in [0.3, 0.4) is 0 Å². The molecule has 2 nitrogen and oxygen atoms in total. The van der Waals surface area contributed by atoms with Gasteiger partial charge in [-0.05, 0) is 85.8 Å². The second-order valence-electron chi connectivity index (χ2n) is 7.51. The van der Waals surface area contributed by atoms with Crippen LogP contribution in [-0.4, -0.2) is 10.2 Å². The van der Waals surface area contributed by atoms with E-state index < -0.39 is 0 Å². The van der Waals surface area contributed by atoms with E-state index in [0.29, 0.717) is 0 Å². The van der Waals surface area contributed by atoms with Crippen molar-refractivity contribution in [3.8, 4) is 47.0 Å². The molecular formula is C31H20O2. The number of phenolic OH excluding ortho intramolecular Hbond substituents is 2. The predicted molar refractivity (Wildman–Crippen MR) is 132 cm³/mol. The Balaban J connectivity index is 1.70. The van der Waals surface area contributed by atoms with Gasteiger partial charge in [0.25, 0.3) is 0 Å². The molecule has 0 unspecified atom stereocenters. The van der Waals surface area contributed by atoms with Gasteiger partial charge in [0.1, 0.15) is 11.5 Å². The summed E-state index contributed by atoms with van der Waals surface area (Å²) in [5.74, 6) is 19.4. The van der Waals surface area contributed by atoms with Gasteiger partial charge in [0, 0.05) is 33.4 Å². The molecule has 0 aliphatic rings. The number of benzene rings is 4. The van der Waals surface area contributed by atoms with Crippen LogP contribution in [0.2, 0.25) is 0 Å². The van der Waals surface area contributed by atoms with Gasteiger partial charge in [0.2, 0.25) is 0 Å². The van der Waals surface area contributed by atoms with E-state index in [0.717, 1.165) is 33.4 Å². The molecule has 4 aromatic carbocycles. The van der Waals surface area contributed by atoms with Crippen LogP contribution in [0, 0.1) is 42.4 Å². The standard InChI is InChI=1S/C31H20O2/c1-23-2-4-24(5-3-23)6-9-27-20-28(10-7-25-12-16-30(32)17-13-25)22-29(21-27)11-8-26-14-18-31(33)19-15-26/h2-5,12-22,32-33H,1H3. The first-order chi connectivity index (χ1) is 16.0. The van der Waals surface area contributed by atoms with Crippen molar-refractivity contribution in [2.24, 2.45) is 0 Å². The first kappa shape index (κ1) is 21.4. The summed E-state index contributed by atoms with van der Waals surface area (Å²) in [5.41, 5.74) is 6.17. The van der Waals surface area contributed by atoms with Crippen LogP contribution < -0.4 is 0 Å². The van der Waals surface area contributed by atoms with Crippen LogP contribution >= 0.6 is 0 Å². The maximum atomic E-state index is 9.46. The van der Waals surface area contributed by atoms with E-state index in [1.807, 2.05) is 49.4 Å². The molecule has 33 heavy (non-hydrogen) atoms. The van der Waals surface area contributed by atoms with Crippen molar-refractivity contribution in [2.75, 3.05) is 0 Å². The quantitative estimate of drug-likeness (QED) is 0.361. The Kier molecular flexibility index (Phi) is 6.47. The summed E-state index contributed by atoms with van der Waals surface area (Å²) in [6, 6.07) is 27.4. The maximum absolute atomic E-state index is 9.46. The highest BCUT2D eigenvalue weighted by molar-refractivity contribution is 5.55. The Morgan fingerprint density at radius 1 is 0.394 bits per heavy atom. The van der Waals surface area contributed by atoms with Crippen LogP contribution in [0.15, 0.2) is 91.0 Å². The fraction of sp³-hybridized carbons (Fsp3) is 0.0323. The lowest BCUT2D eigenvalue weighted by Crippen LogP contribution is -1.85. The second-order valence-corrected chi connectivity index (χ2v) is 7.51. The smallest absolute Gasteiger partial charge is 0.115 e. The minimum atomic E-state index is 0.209. The summed E-state index contributed by atoms with van der Waals surface area (Å²) in [6.45, 7) is 2.05. The molecule has 0 aromatic heterocycles. The summed E-state index contributed by atoms with van der Waals surface area (Å²) in [4.78, 5) is 0. The van der Waals surface area contributed by atoms with Crippen molar-refractivity contribution in [3.63, 3.8) is 0 Å². The first-order valence-electron chi connectivity index (χ1n) is 10.4. The molecular weight excluding hydrogens is 404 g/mol. The number of hydrogen-bond acceptors (Lipinski definition) is 2. The van der Waals surface area contributed by atoms with Gasteiger partial charge in [-0.15, -0.1) is 0 Å². The highest BCUT2D eigenvalue weighted by atomic mass is 16.3. The molecule has 0 bridgehead atoms. The van der Waals surface area contributed by atoms with Crippen LogP contribution in [0.5, 0.6) is 11.5 Å². The molecule has 0 heterocycles. The van der Waals surface area contributed by atoms with Gasteiger partial charge in [-0.3, -0.25) is 0 Å². The molecule has 2 N–H and O–H groups in total. The topological polar surface area (TPSA) is 40.5 Å². The third-order valence-corrected chi connectivity index (χ3v) is 4.77. The molecule has 0 amide bonds. The van der Waals surface area contributed by atoms with E-state index in [4.69, 9.17) is 0 Å². The molecule has 0 saturated carbocycles. The van der Waals surface area contributed by atoms with Gasteiger partial charge in [0.15, 0.2) is 0 Å². The summed E-state index contributed by atoms with van der Waals surface area (Å²) in [6.07, 6.45) is 0. The Bertz CT molecular complexity index is 1260. The molecule has 0 atom stereocenters. The van der Waals surface area contributed by atoms with Gasteiger partial charge in [-0.25, -0.2) is 0 Å². The Morgan fingerprint density at radius 3 is 1.00 bits per heavy atom. The molecule has 0 aliphatic carbocycles. The minimum Gasteiger partial charge on any atom is -0.508 e. The number of hydrogen-bond donors (Lipinski definition) is 2. The molecule has 0 aliphatic heterocycles. The molecule has 0 radical (unpaired) electrons. The summed E-state index contributed by atoms with van der Waals surface area (Å²) < 4.78 is 0. The number of phenols is 2. The van der Waals surface area contributed by atoms with Gasteiger partial charge in [0.05, 0.1) is 0 Å². The normalized spacial score (nSPS) is 9.48. The van der Waals surface area contributed by atoms with Gasteiger partial charge in [-0.2, -0.15) is 0 Å². The molecule has 2 heteroatoms. The zero-order chi connectivity index (χ0) is 23.0. The van der Waals surface area contributed by atoms with E-state index >= 15 is 0 Å². The van der Waals surface area contributed by atoms with Crippen molar-refractivity contribution >= 4 is 0 Å². The van der Waals surface area contributed by atoms with Crippen molar-refractivity contribution in [1.29, 1.82) is 0 Å². The average Bonchev–Trinajstić information content (AvgIpc) is 2.83.